The number of halogens is 3. The van der Waals surface area contributed by atoms with Gasteiger partial charge in [-0.05, 0) is 38.0 Å². The first-order valence-electron chi connectivity index (χ1n) is 9.63. The summed E-state index contributed by atoms with van der Waals surface area (Å²) >= 11 is 0. The number of hydrogen-bond donors (Lipinski definition) is 1. The van der Waals surface area contributed by atoms with Gasteiger partial charge in [0.1, 0.15) is 0 Å². The maximum atomic E-state index is 12.5. The van der Waals surface area contributed by atoms with Gasteiger partial charge in [-0.2, -0.15) is 13.2 Å². The summed E-state index contributed by atoms with van der Waals surface area (Å²) in [5.41, 5.74) is 2.98. The molecule has 0 bridgehead atoms. The van der Waals surface area contributed by atoms with E-state index in [2.05, 4.69) is 19.9 Å². The molecular weight excluding hydrogens is 415 g/mol. The van der Waals surface area contributed by atoms with E-state index in [9.17, 15) is 18.0 Å². The number of aromatic nitrogens is 3. The van der Waals surface area contributed by atoms with Crippen molar-refractivity contribution in [3.63, 3.8) is 0 Å². The number of aliphatic carboxylic acids is 1. The predicted octanol–water partition coefficient (Wildman–Crippen LogP) is 2.50. The maximum Gasteiger partial charge on any atom is 0.490 e. The molecular formula is C20H22F3N5O3. The Labute approximate surface area is 176 Å². The minimum Gasteiger partial charge on any atom is -0.475 e. The Morgan fingerprint density at radius 3 is 2.42 bits per heavy atom. The van der Waals surface area contributed by atoms with Crippen molar-refractivity contribution in [2.45, 2.75) is 51.5 Å². The molecule has 31 heavy (non-hydrogen) atoms. The summed E-state index contributed by atoms with van der Waals surface area (Å²) in [6.45, 7) is 5.43. The van der Waals surface area contributed by atoms with Gasteiger partial charge in [-0.15, -0.1) is 0 Å². The summed E-state index contributed by atoms with van der Waals surface area (Å²) in [6, 6.07) is 6.36. The fraction of sp³-hybridized carbons (Fsp3) is 0.450. The first kappa shape index (κ1) is 22.4. The number of nitrogens with zero attached hydrogens (tertiary/aromatic N) is 5. The van der Waals surface area contributed by atoms with E-state index in [1.54, 1.807) is 0 Å². The van der Waals surface area contributed by atoms with Crippen LogP contribution in [0.2, 0.25) is 0 Å². The van der Waals surface area contributed by atoms with Gasteiger partial charge in [0.15, 0.2) is 0 Å². The molecule has 1 N–H and O–H groups in total. The number of alkyl halides is 3. The molecule has 4 rings (SSSR count). The van der Waals surface area contributed by atoms with Crippen LogP contribution in [0.15, 0.2) is 30.6 Å². The summed E-state index contributed by atoms with van der Waals surface area (Å²) in [4.78, 5) is 39.0. The Hall–Kier alpha value is -3.24. The summed E-state index contributed by atoms with van der Waals surface area (Å²) in [7, 11) is 0. The van der Waals surface area contributed by atoms with Gasteiger partial charge in [-0.1, -0.05) is 6.07 Å². The van der Waals surface area contributed by atoms with E-state index in [1.165, 1.54) is 0 Å². The van der Waals surface area contributed by atoms with Crippen LogP contribution < -0.4 is 4.90 Å². The van der Waals surface area contributed by atoms with E-state index < -0.39 is 12.1 Å². The average molecular weight is 437 g/mol. The summed E-state index contributed by atoms with van der Waals surface area (Å²) in [5, 5.41) is 7.12. The Morgan fingerprint density at radius 2 is 1.84 bits per heavy atom. The lowest BCUT2D eigenvalue weighted by molar-refractivity contribution is -0.192. The van der Waals surface area contributed by atoms with Crippen LogP contribution in [0.25, 0.3) is 0 Å². The zero-order chi connectivity index (χ0) is 22.8. The third-order valence-electron chi connectivity index (χ3n) is 5.16. The maximum absolute atomic E-state index is 12.5. The van der Waals surface area contributed by atoms with E-state index in [1.807, 2.05) is 49.3 Å². The van der Waals surface area contributed by atoms with Crippen molar-refractivity contribution in [3.05, 3.63) is 47.5 Å². The fourth-order valence-electron chi connectivity index (χ4n) is 3.78. The second kappa shape index (κ2) is 8.86. The summed E-state index contributed by atoms with van der Waals surface area (Å²) in [5.74, 6) is -1.82. The first-order valence-corrected chi connectivity index (χ1v) is 9.63. The number of carbonyl (C=O) groups excluding carboxylic acids is 1. The number of pyridine rings is 1. The molecule has 0 spiro atoms. The van der Waals surface area contributed by atoms with Gasteiger partial charge in [0, 0.05) is 31.1 Å². The highest BCUT2D eigenvalue weighted by atomic mass is 19.4. The van der Waals surface area contributed by atoms with Gasteiger partial charge in [-0.3, -0.25) is 9.78 Å². The highest BCUT2D eigenvalue weighted by molar-refractivity contribution is 5.81. The van der Waals surface area contributed by atoms with Crippen LogP contribution in [0.3, 0.4) is 0 Å². The number of carbonyl (C=O) groups is 2. The van der Waals surface area contributed by atoms with E-state index >= 15 is 0 Å². The molecule has 2 saturated heterocycles. The molecule has 4 heterocycles. The molecule has 0 saturated carbocycles. The molecule has 0 aromatic carbocycles. The Bertz CT molecular complexity index is 952. The molecule has 166 valence electrons. The van der Waals surface area contributed by atoms with Crippen molar-refractivity contribution in [1.29, 1.82) is 0 Å². The lowest BCUT2D eigenvalue weighted by Crippen LogP contribution is -2.37. The molecule has 2 aliphatic heterocycles. The number of aryl methyl sites for hydroxylation is 2. The molecule has 2 atom stereocenters. The van der Waals surface area contributed by atoms with Crippen molar-refractivity contribution in [1.82, 2.24) is 19.9 Å². The molecule has 2 aliphatic rings. The lowest BCUT2D eigenvalue weighted by Gasteiger charge is -2.25. The molecule has 0 unspecified atom stereocenters. The highest BCUT2D eigenvalue weighted by Crippen LogP contribution is 2.35. The van der Waals surface area contributed by atoms with Crippen LogP contribution in [0.4, 0.5) is 19.1 Å². The third kappa shape index (κ3) is 5.28. The van der Waals surface area contributed by atoms with Gasteiger partial charge in [0.05, 0.1) is 24.3 Å². The van der Waals surface area contributed by atoms with E-state index in [-0.39, 0.29) is 18.0 Å². The molecule has 2 fully saturated rings. The van der Waals surface area contributed by atoms with E-state index in [4.69, 9.17) is 9.90 Å². The number of carboxylic acid groups (broad SMARTS) is 1. The molecule has 2 aromatic rings. The van der Waals surface area contributed by atoms with Crippen molar-refractivity contribution < 1.29 is 27.9 Å². The highest BCUT2D eigenvalue weighted by Gasteiger charge is 2.47. The second-order valence-corrected chi connectivity index (χ2v) is 7.48. The van der Waals surface area contributed by atoms with Crippen LogP contribution >= 0.6 is 0 Å². The van der Waals surface area contributed by atoms with Crippen molar-refractivity contribution in [2.75, 3.05) is 11.4 Å². The smallest absolute Gasteiger partial charge is 0.475 e. The van der Waals surface area contributed by atoms with Crippen LogP contribution in [-0.4, -0.2) is 61.6 Å². The molecule has 8 nitrogen and oxygen atoms in total. The molecule has 1 amide bonds. The Morgan fingerprint density at radius 1 is 1.19 bits per heavy atom. The quantitative estimate of drug-likeness (QED) is 0.788. The van der Waals surface area contributed by atoms with Gasteiger partial charge >= 0.3 is 12.1 Å². The Kier molecular flexibility index (Phi) is 6.42. The minimum atomic E-state index is -5.08. The van der Waals surface area contributed by atoms with Crippen molar-refractivity contribution in [3.8, 4) is 0 Å². The molecule has 11 heteroatoms. The average Bonchev–Trinajstić information content (AvgIpc) is 3.22. The SMILES string of the molecule is Cc1cnc(N2CC[C@H]3[C@H]2CC(=O)N3Cc2cccc(C)n2)nc1.O=C(O)C(F)(F)F. The van der Waals surface area contributed by atoms with Crippen molar-refractivity contribution >= 4 is 17.8 Å². The van der Waals surface area contributed by atoms with Crippen LogP contribution in [0.1, 0.15) is 29.8 Å². The summed E-state index contributed by atoms with van der Waals surface area (Å²) in [6.07, 6.45) is 0.0783. The normalized spacial score (nSPS) is 20.4. The van der Waals surface area contributed by atoms with Crippen LogP contribution in [-0.2, 0) is 16.1 Å². The zero-order valence-corrected chi connectivity index (χ0v) is 17.0. The number of likely N-dealkylation sites (tertiary alicyclic amines) is 1. The zero-order valence-electron chi connectivity index (χ0n) is 17.0. The number of rotatable bonds is 3. The minimum absolute atomic E-state index is 0.171. The molecule has 0 aliphatic carbocycles. The fourth-order valence-corrected chi connectivity index (χ4v) is 3.78. The van der Waals surface area contributed by atoms with Crippen molar-refractivity contribution in [2.24, 2.45) is 0 Å². The van der Waals surface area contributed by atoms with Gasteiger partial charge in [0.25, 0.3) is 0 Å². The van der Waals surface area contributed by atoms with Gasteiger partial charge in [0.2, 0.25) is 11.9 Å². The largest absolute Gasteiger partial charge is 0.490 e. The first-order chi connectivity index (χ1) is 14.6. The molecule has 0 radical (unpaired) electrons. The van der Waals surface area contributed by atoms with Crippen LogP contribution in [0.5, 0.6) is 0 Å². The summed E-state index contributed by atoms with van der Waals surface area (Å²) < 4.78 is 31.7. The van der Waals surface area contributed by atoms with Crippen LogP contribution in [0, 0.1) is 13.8 Å². The van der Waals surface area contributed by atoms with Gasteiger partial charge in [-0.25, -0.2) is 14.8 Å². The number of fused-ring (bicyclic) bond motifs is 1. The number of anilines is 1. The van der Waals surface area contributed by atoms with E-state index in [0.717, 1.165) is 35.9 Å². The predicted molar refractivity (Wildman–Crippen MR) is 104 cm³/mol. The number of hydrogen-bond acceptors (Lipinski definition) is 6. The second-order valence-electron chi connectivity index (χ2n) is 7.48. The van der Waals surface area contributed by atoms with Gasteiger partial charge < -0.3 is 14.9 Å². The standard InChI is InChI=1S/C18H21N5O.C2HF3O2/c1-12-9-19-18(20-10-12)22-7-6-15-16(22)8-17(24)23(15)11-14-5-3-4-13(2)21-14;3-2(4,5)1(6)7/h3-5,9-10,15-16H,6-8,11H2,1-2H3;(H,6,7)/t15-,16+;/m0./s1. The number of amides is 1. The number of carboxylic acids is 1. The topological polar surface area (TPSA) is 99.5 Å². The van der Waals surface area contributed by atoms with E-state index in [0.29, 0.717) is 13.0 Å². The molecule has 2 aromatic heterocycles. The third-order valence-corrected chi connectivity index (χ3v) is 5.16. The monoisotopic (exact) mass is 437 g/mol. The lowest BCUT2D eigenvalue weighted by atomic mass is 10.1. The Balaban J connectivity index is 0.000000339.